The highest BCUT2D eigenvalue weighted by atomic mass is 79.9. The highest BCUT2D eigenvalue weighted by molar-refractivity contribution is 9.10. The number of hydrogen-bond donors (Lipinski definition) is 0. The van der Waals surface area contributed by atoms with Crippen LogP contribution in [0.3, 0.4) is 0 Å². The molecule has 0 bridgehead atoms. The van der Waals surface area contributed by atoms with E-state index in [1.807, 2.05) is 24.3 Å². The van der Waals surface area contributed by atoms with Crippen LogP contribution in [0.4, 0.5) is 13.2 Å². The average molecular weight is 461 g/mol. The molecule has 6 nitrogen and oxygen atoms in total. The maximum Gasteiger partial charge on any atom is 0.422 e. The standard InChI is InChI=1S/C18H16BrF3N2O4/c1-24(9-13-4-2-3-5-14(13)19)16(25)10-27-17(26)12-6-7-15(23-8-12)28-11-18(20,21)22/h2-8H,9-11H2,1H3. The highest BCUT2D eigenvalue weighted by Gasteiger charge is 2.28. The molecule has 0 spiro atoms. The summed E-state index contributed by atoms with van der Waals surface area (Å²) in [5.74, 6) is -1.52. The number of pyridine rings is 1. The maximum absolute atomic E-state index is 12.1. The Morgan fingerprint density at radius 2 is 1.89 bits per heavy atom. The lowest BCUT2D eigenvalue weighted by Gasteiger charge is -2.18. The first-order chi connectivity index (χ1) is 13.2. The second kappa shape index (κ2) is 9.54. The Balaban J connectivity index is 1.84. The van der Waals surface area contributed by atoms with Crippen LogP contribution in [0.15, 0.2) is 47.1 Å². The van der Waals surface area contributed by atoms with E-state index in [-0.39, 0.29) is 11.4 Å². The molecule has 150 valence electrons. The molecule has 0 N–H and O–H groups in total. The topological polar surface area (TPSA) is 68.7 Å². The molecule has 0 radical (unpaired) electrons. The molecule has 0 fully saturated rings. The second-order valence-corrected chi connectivity index (χ2v) is 6.56. The predicted molar refractivity (Wildman–Crippen MR) is 96.7 cm³/mol. The summed E-state index contributed by atoms with van der Waals surface area (Å²) in [6.45, 7) is -1.64. The number of halogens is 4. The van der Waals surface area contributed by atoms with Crippen molar-refractivity contribution in [3.8, 4) is 5.88 Å². The van der Waals surface area contributed by atoms with E-state index in [4.69, 9.17) is 4.74 Å². The molecule has 0 saturated heterocycles. The van der Waals surface area contributed by atoms with Gasteiger partial charge in [0.05, 0.1) is 5.56 Å². The van der Waals surface area contributed by atoms with E-state index in [2.05, 4.69) is 25.7 Å². The van der Waals surface area contributed by atoms with Crippen LogP contribution in [-0.4, -0.2) is 48.2 Å². The molecule has 0 saturated carbocycles. The quantitative estimate of drug-likeness (QED) is 0.590. The fraction of sp³-hybridized carbons (Fsp3) is 0.278. The van der Waals surface area contributed by atoms with Gasteiger partial charge in [-0.05, 0) is 17.7 Å². The summed E-state index contributed by atoms with van der Waals surface area (Å²) >= 11 is 3.39. The Morgan fingerprint density at radius 3 is 2.50 bits per heavy atom. The summed E-state index contributed by atoms with van der Waals surface area (Å²) in [7, 11) is 1.57. The number of carbonyl (C=O) groups is 2. The molecule has 1 amide bonds. The summed E-state index contributed by atoms with van der Waals surface area (Å²) in [6.07, 6.45) is -3.47. The van der Waals surface area contributed by atoms with Crippen molar-refractivity contribution in [1.82, 2.24) is 9.88 Å². The normalized spacial score (nSPS) is 11.0. The van der Waals surface area contributed by atoms with Crippen LogP contribution in [0.5, 0.6) is 5.88 Å². The molecule has 1 aromatic carbocycles. The minimum Gasteiger partial charge on any atom is -0.468 e. The molecule has 2 rings (SSSR count). The third-order valence-corrected chi connectivity index (χ3v) is 4.25. The number of ether oxygens (including phenoxy) is 2. The van der Waals surface area contributed by atoms with Gasteiger partial charge >= 0.3 is 12.1 Å². The molecule has 1 heterocycles. The Kier molecular flexibility index (Phi) is 7.38. The average Bonchev–Trinajstić information content (AvgIpc) is 2.65. The minimum absolute atomic E-state index is 0.0133. The Bertz CT molecular complexity index is 828. The lowest BCUT2D eigenvalue weighted by molar-refractivity contribution is -0.154. The van der Waals surface area contributed by atoms with E-state index in [0.29, 0.717) is 6.54 Å². The second-order valence-electron chi connectivity index (χ2n) is 5.71. The van der Waals surface area contributed by atoms with Crippen LogP contribution in [0.2, 0.25) is 0 Å². The molecule has 0 atom stereocenters. The van der Waals surface area contributed by atoms with E-state index in [0.717, 1.165) is 22.3 Å². The summed E-state index contributed by atoms with van der Waals surface area (Å²) in [6, 6.07) is 9.72. The van der Waals surface area contributed by atoms with Gasteiger partial charge < -0.3 is 14.4 Å². The van der Waals surface area contributed by atoms with Gasteiger partial charge in [0.2, 0.25) is 5.88 Å². The predicted octanol–water partition coefficient (Wildman–Crippen LogP) is 3.60. The highest BCUT2D eigenvalue weighted by Crippen LogP contribution is 2.18. The molecule has 0 aliphatic rings. The largest absolute Gasteiger partial charge is 0.468 e. The lowest BCUT2D eigenvalue weighted by atomic mass is 10.2. The first-order valence-corrected chi connectivity index (χ1v) is 8.75. The van der Waals surface area contributed by atoms with Gasteiger partial charge in [0.15, 0.2) is 13.2 Å². The number of amides is 1. The van der Waals surface area contributed by atoms with E-state index in [1.165, 1.54) is 11.0 Å². The van der Waals surface area contributed by atoms with Crippen molar-refractivity contribution >= 4 is 27.8 Å². The molecular weight excluding hydrogens is 445 g/mol. The van der Waals surface area contributed by atoms with Crippen molar-refractivity contribution in [1.29, 1.82) is 0 Å². The lowest BCUT2D eigenvalue weighted by Crippen LogP contribution is -2.31. The monoisotopic (exact) mass is 460 g/mol. The summed E-state index contributed by atoms with van der Waals surface area (Å²) in [5, 5.41) is 0. The van der Waals surface area contributed by atoms with Gasteiger partial charge in [-0.3, -0.25) is 4.79 Å². The molecule has 2 aromatic rings. The van der Waals surface area contributed by atoms with Gasteiger partial charge in [0, 0.05) is 30.3 Å². The Morgan fingerprint density at radius 1 is 1.18 bits per heavy atom. The Labute approximate surface area is 167 Å². The number of alkyl halides is 3. The molecule has 0 unspecified atom stereocenters. The summed E-state index contributed by atoms with van der Waals surface area (Å²) in [5.41, 5.74) is 0.879. The maximum atomic E-state index is 12.1. The van der Waals surface area contributed by atoms with Crippen LogP contribution >= 0.6 is 15.9 Å². The summed E-state index contributed by atoms with van der Waals surface area (Å²) < 4.78 is 46.5. The molecule has 0 aliphatic carbocycles. The number of hydrogen-bond acceptors (Lipinski definition) is 5. The third kappa shape index (κ3) is 6.84. The van der Waals surface area contributed by atoms with Crippen LogP contribution in [0, 0.1) is 0 Å². The number of nitrogens with zero attached hydrogens (tertiary/aromatic N) is 2. The number of likely N-dealkylation sites (N-methyl/N-ethyl adjacent to an activating group) is 1. The SMILES string of the molecule is CN(Cc1ccccc1Br)C(=O)COC(=O)c1ccc(OCC(F)(F)F)nc1. The third-order valence-electron chi connectivity index (χ3n) is 3.47. The van der Waals surface area contributed by atoms with Crippen molar-refractivity contribution in [2.45, 2.75) is 12.7 Å². The van der Waals surface area contributed by atoms with Crippen molar-refractivity contribution in [2.75, 3.05) is 20.3 Å². The van der Waals surface area contributed by atoms with Gasteiger partial charge in [-0.25, -0.2) is 9.78 Å². The van der Waals surface area contributed by atoms with Crippen LogP contribution < -0.4 is 4.74 Å². The molecule has 10 heteroatoms. The van der Waals surface area contributed by atoms with E-state index >= 15 is 0 Å². The summed E-state index contributed by atoms with van der Waals surface area (Å²) in [4.78, 5) is 29.1. The van der Waals surface area contributed by atoms with Gasteiger partial charge in [0.1, 0.15) is 0 Å². The zero-order chi connectivity index (χ0) is 20.7. The van der Waals surface area contributed by atoms with Gasteiger partial charge in [-0.1, -0.05) is 34.1 Å². The zero-order valence-electron chi connectivity index (χ0n) is 14.7. The van der Waals surface area contributed by atoms with Crippen LogP contribution in [-0.2, 0) is 16.1 Å². The number of rotatable bonds is 7. The van der Waals surface area contributed by atoms with Crippen LogP contribution in [0.25, 0.3) is 0 Å². The van der Waals surface area contributed by atoms with Crippen molar-refractivity contribution in [3.63, 3.8) is 0 Å². The number of aromatic nitrogens is 1. The zero-order valence-corrected chi connectivity index (χ0v) is 16.3. The van der Waals surface area contributed by atoms with Crippen molar-refractivity contribution < 1.29 is 32.2 Å². The van der Waals surface area contributed by atoms with E-state index in [9.17, 15) is 22.8 Å². The number of esters is 1. The fourth-order valence-corrected chi connectivity index (χ4v) is 2.44. The van der Waals surface area contributed by atoms with Gasteiger partial charge in [0.25, 0.3) is 5.91 Å². The number of carbonyl (C=O) groups excluding carboxylic acids is 2. The van der Waals surface area contributed by atoms with E-state index < -0.39 is 31.3 Å². The Hall–Kier alpha value is -2.62. The van der Waals surface area contributed by atoms with Crippen LogP contribution in [0.1, 0.15) is 15.9 Å². The van der Waals surface area contributed by atoms with Gasteiger partial charge in [-0.15, -0.1) is 0 Å². The molecule has 0 aliphatic heterocycles. The minimum atomic E-state index is -4.49. The fourth-order valence-electron chi connectivity index (χ4n) is 2.03. The first-order valence-electron chi connectivity index (χ1n) is 7.96. The van der Waals surface area contributed by atoms with Crippen molar-refractivity contribution in [3.05, 3.63) is 58.2 Å². The first kappa shape index (κ1) is 21.7. The molecule has 1 aromatic heterocycles. The van der Waals surface area contributed by atoms with Gasteiger partial charge in [-0.2, -0.15) is 13.2 Å². The molecule has 28 heavy (non-hydrogen) atoms. The van der Waals surface area contributed by atoms with Crippen molar-refractivity contribution in [2.24, 2.45) is 0 Å². The smallest absolute Gasteiger partial charge is 0.422 e. The number of benzene rings is 1. The van der Waals surface area contributed by atoms with E-state index in [1.54, 1.807) is 7.05 Å². The molecular formula is C18H16BrF3N2O4.